The Labute approximate surface area is 111 Å². The van der Waals surface area contributed by atoms with Crippen LogP contribution in [-0.2, 0) is 5.11 Å². The number of rotatable bonds is 4. The van der Waals surface area contributed by atoms with Crippen LogP contribution in [0, 0.1) is 0 Å². The molecule has 4 nitrogen and oxygen atoms in total. The van der Waals surface area contributed by atoms with E-state index >= 15 is 0 Å². The van der Waals surface area contributed by atoms with Gasteiger partial charge in [-0.2, -0.15) is 0 Å². The molecule has 0 heterocycles. The van der Waals surface area contributed by atoms with Crippen LogP contribution in [-0.4, -0.2) is 19.3 Å². The molecule has 1 unspecified atom stereocenters. The molecular weight excluding hydrogens is 244 g/mol. The number of ether oxygens (including phenoxy) is 2. The highest BCUT2D eigenvalue weighted by Crippen LogP contribution is 2.33. The molecule has 1 atom stereocenters. The second-order valence-electron chi connectivity index (χ2n) is 4.08. The normalized spacial score (nSPS) is 11.9. The topological polar surface area (TPSA) is 58.6 Å². The van der Waals surface area contributed by atoms with Gasteiger partial charge in [-0.15, -0.1) is 0 Å². The Balaban J connectivity index is 2.37. The van der Waals surface area contributed by atoms with Crippen molar-refractivity contribution in [1.82, 2.24) is 0 Å². The molecule has 0 fully saturated rings. The molecular formula is C15H15O4. The summed E-state index contributed by atoms with van der Waals surface area (Å²) in [6, 6.07) is 11.3. The SMILES string of the molecule is COc1ccc(C(O)c2ccc([O])cc2)c(OC)c1. The molecule has 0 aromatic heterocycles. The second-order valence-corrected chi connectivity index (χ2v) is 4.08. The van der Waals surface area contributed by atoms with Crippen molar-refractivity contribution in [2.24, 2.45) is 0 Å². The van der Waals surface area contributed by atoms with E-state index in [1.165, 1.54) is 19.2 Å². The minimum Gasteiger partial charge on any atom is -0.497 e. The Kier molecular flexibility index (Phi) is 3.92. The van der Waals surface area contributed by atoms with Gasteiger partial charge in [0.25, 0.3) is 0 Å². The highest BCUT2D eigenvalue weighted by molar-refractivity contribution is 5.45. The predicted octanol–water partition coefficient (Wildman–Crippen LogP) is 2.93. The number of hydrogen-bond acceptors (Lipinski definition) is 3. The van der Waals surface area contributed by atoms with E-state index in [1.54, 1.807) is 37.4 Å². The van der Waals surface area contributed by atoms with Gasteiger partial charge in [0, 0.05) is 11.6 Å². The molecule has 2 rings (SSSR count). The first kappa shape index (κ1) is 13.2. The summed E-state index contributed by atoms with van der Waals surface area (Å²) < 4.78 is 10.4. The van der Waals surface area contributed by atoms with Crippen LogP contribution in [0.3, 0.4) is 0 Å². The maximum Gasteiger partial charge on any atom is 0.178 e. The van der Waals surface area contributed by atoms with Crippen molar-refractivity contribution >= 4 is 0 Å². The molecule has 0 spiro atoms. The van der Waals surface area contributed by atoms with Crippen LogP contribution in [0.15, 0.2) is 42.5 Å². The van der Waals surface area contributed by atoms with Gasteiger partial charge >= 0.3 is 0 Å². The van der Waals surface area contributed by atoms with Crippen LogP contribution in [0.2, 0.25) is 0 Å². The van der Waals surface area contributed by atoms with Gasteiger partial charge in [-0.1, -0.05) is 12.1 Å². The first-order chi connectivity index (χ1) is 9.15. The Morgan fingerprint density at radius 3 is 2.26 bits per heavy atom. The summed E-state index contributed by atoms with van der Waals surface area (Å²) in [6.45, 7) is 0. The fourth-order valence-electron chi connectivity index (χ4n) is 1.87. The monoisotopic (exact) mass is 259 g/mol. The fraction of sp³-hybridized carbons (Fsp3) is 0.200. The van der Waals surface area contributed by atoms with Crippen molar-refractivity contribution in [1.29, 1.82) is 0 Å². The van der Waals surface area contributed by atoms with Crippen molar-refractivity contribution in [3.8, 4) is 17.2 Å². The third-order valence-corrected chi connectivity index (χ3v) is 2.93. The fourth-order valence-corrected chi connectivity index (χ4v) is 1.87. The molecule has 0 aliphatic heterocycles. The van der Waals surface area contributed by atoms with E-state index in [0.717, 1.165) is 0 Å². The van der Waals surface area contributed by atoms with Gasteiger partial charge in [0.05, 0.1) is 14.2 Å². The summed E-state index contributed by atoms with van der Waals surface area (Å²) in [7, 11) is 3.10. The standard InChI is InChI=1S/C15H15O4/c1-18-12-7-8-13(14(9-12)19-2)15(17)10-3-5-11(16)6-4-10/h3-9,15,17H,1-2H3. The largest absolute Gasteiger partial charge is 0.497 e. The van der Waals surface area contributed by atoms with E-state index in [0.29, 0.717) is 22.6 Å². The summed E-state index contributed by atoms with van der Waals surface area (Å²) in [5.41, 5.74) is 1.27. The van der Waals surface area contributed by atoms with Gasteiger partial charge in [0.15, 0.2) is 5.75 Å². The molecule has 0 amide bonds. The molecule has 99 valence electrons. The van der Waals surface area contributed by atoms with Crippen LogP contribution in [0.1, 0.15) is 17.2 Å². The van der Waals surface area contributed by atoms with Gasteiger partial charge in [-0.05, 0) is 29.8 Å². The van der Waals surface area contributed by atoms with Crippen LogP contribution in [0.5, 0.6) is 17.2 Å². The zero-order chi connectivity index (χ0) is 13.8. The number of aliphatic hydroxyl groups excluding tert-OH is 1. The Morgan fingerprint density at radius 2 is 1.68 bits per heavy atom. The van der Waals surface area contributed by atoms with Gasteiger partial charge in [0.2, 0.25) is 0 Å². The van der Waals surface area contributed by atoms with Crippen LogP contribution < -0.4 is 9.47 Å². The molecule has 0 bridgehead atoms. The lowest BCUT2D eigenvalue weighted by Crippen LogP contribution is -2.02. The minimum absolute atomic E-state index is 0.0855. The zero-order valence-electron chi connectivity index (χ0n) is 10.8. The van der Waals surface area contributed by atoms with Crippen molar-refractivity contribution in [2.75, 3.05) is 14.2 Å². The summed E-state index contributed by atoms with van der Waals surface area (Å²) in [6.07, 6.45) is -0.846. The van der Waals surface area contributed by atoms with Gasteiger partial charge in [0.1, 0.15) is 17.6 Å². The quantitative estimate of drug-likeness (QED) is 0.918. The number of methoxy groups -OCH3 is 2. The Hall–Kier alpha value is -2.20. The van der Waals surface area contributed by atoms with E-state index in [2.05, 4.69) is 0 Å². The van der Waals surface area contributed by atoms with E-state index in [-0.39, 0.29) is 5.75 Å². The molecule has 2 aromatic rings. The molecule has 2 aromatic carbocycles. The molecule has 19 heavy (non-hydrogen) atoms. The molecule has 0 aliphatic carbocycles. The highest BCUT2D eigenvalue weighted by Gasteiger charge is 2.16. The summed E-state index contributed by atoms with van der Waals surface area (Å²) in [5, 5.41) is 21.4. The van der Waals surface area contributed by atoms with Crippen molar-refractivity contribution in [3.05, 3.63) is 53.6 Å². The van der Waals surface area contributed by atoms with Crippen LogP contribution >= 0.6 is 0 Å². The summed E-state index contributed by atoms with van der Waals surface area (Å²) in [5.74, 6) is 1.11. The maximum absolute atomic E-state index is 11.1. The number of aliphatic hydroxyl groups is 1. The van der Waals surface area contributed by atoms with E-state index in [1.807, 2.05) is 0 Å². The molecule has 4 heteroatoms. The smallest absolute Gasteiger partial charge is 0.178 e. The predicted molar refractivity (Wildman–Crippen MR) is 70.2 cm³/mol. The average Bonchev–Trinajstić information content (AvgIpc) is 2.46. The lowest BCUT2D eigenvalue weighted by molar-refractivity contribution is 0.214. The van der Waals surface area contributed by atoms with Crippen LogP contribution in [0.4, 0.5) is 0 Å². The van der Waals surface area contributed by atoms with Crippen molar-refractivity contribution in [3.63, 3.8) is 0 Å². The van der Waals surface area contributed by atoms with Gasteiger partial charge in [-0.3, -0.25) is 5.11 Å². The third-order valence-electron chi connectivity index (χ3n) is 2.93. The lowest BCUT2D eigenvalue weighted by Gasteiger charge is -2.16. The lowest BCUT2D eigenvalue weighted by atomic mass is 10.0. The van der Waals surface area contributed by atoms with Crippen molar-refractivity contribution in [2.45, 2.75) is 6.10 Å². The maximum atomic E-state index is 11.1. The molecule has 1 radical (unpaired) electrons. The van der Waals surface area contributed by atoms with Gasteiger partial charge < -0.3 is 14.6 Å². The third kappa shape index (κ3) is 2.80. The van der Waals surface area contributed by atoms with E-state index in [4.69, 9.17) is 9.47 Å². The zero-order valence-corrected chi connectivity index (χ0v) is 10.8. The summed E-state index contributed by atoms with van der Waals surface area (Å²) >= 11 is 0. The van der Waals surface area contributed by atoms with Crippen molar-refractivity contribution < 1.29 is 19.7 Å². The minimum atomic E-state index is -0.846. The first-order valence-electron chi connectivity index (χ1n) is 5.82. The first-order valence-corrected chi connectivity index (χ1v) is 5.82. The van der Waals surface area contributed by atoms with E-state index < -0.39 is 6.10 Å². The highest BCUT2D eigenvalue weighted by atomic mass is 16.5. The second kappa shape index (κ2) is 5.63. The summed E-state index contributed by atoms with van der Waals surface area (Å²) in [4.78, 5) is 0. The van der Waals surface area contributed by atoms with E-state index in [9.17, 15) is 10.2 Å². The molecule has 0 saturated carbocycles. The Morgan fingerprint density at radius 1 is 1.00 bits per heavy atom. The van der Waals surface area contributed by atoms with Crippen LogP contribution in [0.25, 0.3) is 0 Å². The molecule has 0 aliphatic rings. The Bertz CT molecular complexity index is 549. The molecule has 1 N–H and O–H groups in total. The average molecular weight is 259 g/mol. The number of benzene rings is 2. The van der Waals surface area contributed by atoms with Gasteiger partial charge in [-0.25, -0.2) is 0 Å². The molecule has 0 saturated heterocycles. The number of hydrogen-bond donors (Lipinski definition) is 1.